The van der Waals surface area contributed by atoms with E-state index in [2.05, 4.69) is 0 Å². The second-order valence-electron chi connectivity index (χ2n) is 5.61. The summed E-state index contributed by atoms with van der Waals surface area (Å²) in [6.07, 6.45) is 0.788. The largest absolute Gasteiger partial charge is 0.481 e. The first-order valence-corrected chi connectivity index (χ1v) is 6.68. The van der Waals surface area contributed by atoms with E-state index >= 15 is 0 Å². The molecule has 0 aromatic heterocycles. The van der Waals surface area contributed by atoms with E-state index in [4.69, 9.17) is 14.6 Å². The maximum absolute atomic E-state index is 12.1. The zero-order valence-corrected chi connectivity index (χ0v) is 12.6. The molecule has 5 nitrogen and oxygen atoms in total. The predicted molar refractivity (Wildman–Crippen MR) is 71.9 cm³/mol. The van der Waals surface area contributed by atoms with E-state index in [1.165, 1.54) is 0 Å². The van der Waals surface area contributed by atoms with E-state index in [-0.39, 0.29) is 19.0 Å². The van der Waals surface area contributed by atoms with Gasteiger partial charge in [0.25, 0.3) is 0 Å². The highest BCUT2D eigenvalue weighted by Crippen LogP contribution is 2.37. The average molecular weight is 274 g/mol. The van der Waals surface area contributed by atoms with Crippen molar-refractivity contribution in [3.63, 3.8) is 0 Å². The summed E-state index contributed by atoms with van der Waals surface area (Å²) in [6.45, 7) is 9.87. The van der Waals surface area contributed by atoms with Crippen LogP contribution in [0.5, 0.6) is 0 Å². The van der Waals surface area contributed by atoms with Crippen LogP contribution in [0.25, 0.3) is 0 Å². The highest BCUT2D eigenvalue weighted by atomic mass is 16.6. The van der Waals surface area contributed by atoms with E-state index in [1.807, 2.05) is 13.8 Å². The fourth-order valence-corrected chi connectivity index (χ4v) is 1.90. The van der Waals surface area contributed by atoms with Crippen molar-refractivity contribution in [3.8, 4) is 0 Å². The van der Waals surface area contributed by atoms with Crippen LogP contribution in [-0.2, 0) is 19.1 Å². The third-order valence-electron chi connectivity index (χ3n) is 3.35. The fraction of sp³-hybridized carbons (Fsp3) is 0.857. The number of hydrogen-bond donors (Lipinski definition) is 1. The molecule has 1 atom stereocenters. The molecule has 0 amide bonds. The number of aliphatic carboxylic acids is 1. The number of carbonyl (C=O) groups is 2. The van der Waals surface area contributed by atoms with E-state index < -0.39 is 16.8 Å². The second-order valence-corrected chi connectivity index (χ2v) is 5.61. The summed E-state index contributed by atoms with van der Waals surface area (Å²) in [5.41, 5.74) is -1.74. The van der Waals surface area contributed by atoms with Crippen molar-refractivity contribution in [2.24, 2.45) is 10.8 Å². The maximum Gasteiger partial charge on any atom is 0.311 e. The molecule has 0 radical (unpaired) electrons. The third-order valence-corrected chi connectivity index (χ3v) is 3.35. The highest BCUT2D eigenvalue weighted by Gasteiger charge is 2.42. The van der Waals surface area contributed by atoms with Crippen LogP contribution in [0.3, 0.4) is 0 Å². The Morgan fingerprint density at radius 1 is 1.11 bits per heavy atom. The van der Waals surface area contributed by atoms with Gasteiger partial charge in [0.1, 0.15) is 6.61 Å². The topological polar surface area (TPSA) is 72.8 Å². The summed E-state index contributed by atoms with van der Waals surface area (Å²) in [5.74, 6) is -1.27. The molecule has 0 aliphatic heterocycles. The van der Waals surface area contributed by atoms with Crippen molar-refractivity contribution >= 4 is 11.9 Å². The van der Waals surface area contributed by atoms with Crippen molar-refractivity contribution in [2.45, 2.75) is 47.5 Å². The number of carboxylic acid groups (broad SMARTS) is 1. The van der Waals surface area contributed by atoms with Gasteiger partial charge in [0.2, 0.25) is 0 Å². The van der Waals surface area contributed by atoms with Gasteiger partial charge in [-0.1, -0.05) is 6.92 Å². The number of esters is 1. The lowest BCUT2D eigenvalue weighted by Crippen LogP contribution is -2.38. The number of hydrogen-bond acceptors (Lipinski definition) is 4. The summed E-state index contributed by atoms with van der Waals surface area (Å²) in [6, 6.07) is 0. The first-order chi connectivity index (χ1) is 8.69. The predicted octanol–water partition coefficient (Wildman–Crippen LogP) is 2.48. The quantitative estimate of drug-likeness (QED) is 0.516. The molecular formula is C14H26O5. The molecule has 0 rings (SSSR count). The third kappa shape index (κ3) is 5.59. The first-order valence-electron chi connectivity index (χ1n) is 6.68. The summed E-state index contributed by atoms with van der Waals surface area (Å²) in [4.78, 5) is 23.3. The zero-order chi connectivity index (χ0) is 15.1. The van der Waals surface area contributed by atoms with Crippen LogP contribution in [0.4, 0.5) is 0 Å². The Bertz CT molecular complexity index is 311. The van der Waals surface area contributed by atoms with Gasteiger partial charge in [-0.2, -0.15) is 0 Å². The zero-order valence-electron chi connectivity index (χ0n) is 12.6. The lowest BCUT2D eigenvalue weighted by molar-refractivity contribution is -0.161. The minimum absolute atomic E-state index is 0.204. The molecule has 0 saturated heterocycles. The monoisotopic (exact) mass is 274 g/mol. The molecule has 0 aromatic carbocycles. The Kier molecular flexibility index (Phi) is 7.05. The number of rotatable bonds is 9. The molecule has 0 heterocycles. The summed E-state index contributed by atoms with van der Waals surface area (Å²) in [5, 5.41) is 9.16. The number of ether oxygens (including phenoxy) is 2. The van der Waals surface area contributed by atoms with Crippen LogP contribution >= 0.6 is 0 Å². The molecule has 0 aliphatic carbocycles. The van der Waals surface area contributed by atoms with Gasteiger partial charge in [-0.15, -0.1) is 0 Å². The maximum atomic E-state index is 12.1. The van der Waals surface area contributed by atoms with Gasteiger partial charge >= 0.3 is 11.9 Å². The highest BCUT2D eigenvalue weighted by molar-refractivity contribution is 5.79. The van der Waals surface area contributed by atoms with E-state index in [1.54, 1.807) is 20.8 Å². The van der Waals surface area contributed by atoms with Crippen LogP contribution < -0.4 is 0 Å². The number of carbonyl (C=O) groups excluding carboxylic acids is 1. The van der Waals surface area contributed by atoms with E-state index in [9.17, 15) is 9.59 Å². The lowest BCUT2D eigenvalue weighted by Gasteiger charge is -2.32. The molecular weight excluding hydrogens is 248 g/mol. The molecule has 0 aromatic rings. The molecule has 5 heteroatoms. The van der Waals surface area contributed by atoms with Gasteiger partial charge in [0.15, 0.2) is 0 Å². The molecule has 1 N–H and O–H groups in total. The minimum atomic E-state index is -0.955. The molecule has 112 valence electrons. The molecule has 0 fully saturated rings. The molecule has 19 heavy (non-hydrogen) atoms. The lowest BCUT2D eigenvalue weighted by atomic mass is 9.72. The average Bonchev–Trinajstić information content (AvgIpc) is 2.33. The normalized spacial score (nSPS) is 14.8. The fourth-order valence-electron chi connectivity index (χ4n) is 1.90. The Morgan fingerprint density at radius 2 is 1.68 bits per heavy atom. The Hall–Kier alpha value is -1.10. The first kappa shape index (κ1) is 17.9. The van der Waals surface area contributed by atoms with Crippen LogP contribution in [-0.4, -0.2) is 36.9 Å². The van der Waals surface area contributed by atoms with Gasteiger partial charge in [-0.25, -0.2) is 0 Å². The SMILES string of the molecule is CCOCCOC(=O)C(C)(CC)CC(C)(C)C(=O)O. The van der Waals surface area contributed by atoms with Crippen LogP contribution in [0.1, 0.15) is 47.5 Å². The Labute approximate surface area is 115 Å². The Morgan fingerprint density at radius 3 is 2.11 bits per heavy atom. The van der Waals surface area contributed by atoms with E-state index in [0.717, 1.165) is 0 Å². The minimum Gasteiger partial charge on any atom is -0.481 e. The Balaban J connectivity index is 4.58. The molecule has 0 spiro atoms. The van der Waals surface area contributed by atoms with Gasteiger partial charge in [0.05, 0.1) is 17.4 Å². The number of carboxylic acids is 1. The van der Waals surface area contributed by atoms with Gasteiger partial charge in [-0.05, 0) is 40.5 Å². The standard InChI is InChI=1S/C14H26O5/c1-6-14(5,10-13(3,4)11(15)16)12(17)19-9-8-18-7-2/h6-10H2,1-5H3,(H,15,16). The van der Waals surface area contributed by atoms with Crippen molar-refractivity contribution in [2.75, 3.05) is 19.8 Å². The van der Waals surface area contributed by atoms with Crippen molar-refractivity contribution in [3.05, 3.63) is 0 Å². The van der Waals surface area contributed by atoms with E-state index in [0.29, 0.717) is 19.6 Å². The van der Waals surface area contributed by atoms with Crippen molar-refractivity contribution < 1.29 is 24.2 Å². The summed E-state index contributed by atoms with van der Waals surface area (Å²) >= 11 is 0. The van der Waals surface area contributed by atoms with Crippen LogP contribution in [0, 0.1) is 10.8 Å². The molecule has 0 aliphatic rings. The molecule has 0 bridgehead atoms. The summed E-state index contributed by atoms with van der Waals surface area (Å²) in [7, 11) is 0. The van der Waals surface area contributed by atoms with Crippen LogP contribution in [0.15, 0.2) is 0 Å². The van der Waals surface area contributed by atoms with Crippen molar-refractivity contribution in [1.29, 1.82) is 0 Å². The van der Waals surface area contributed by atoms with Gasteiger partial charge in [-0.3, -0.25) is 9.59 Å². The van der Waals surface area contributed by atoms with Crippen molar-refractivity contribution in [1.82, 2.24) is 0 Å². The van der Waals surface area contributed by atoms with Gasteiger partial charge < -0.3 is 14.6 Å². The van der Waals surface area contributed by atoms with Crippen LogP contribution in [0.2, 0.25) is 0 Å². The molecule has 1 unspecified atom stereocenters. The summed E-state index contributed by atoms with van der Waals surface area (Å²) < 4.78 is 10.3. The van der Waals surface area contributed by atoms with Gasteiger partial charge in [0, 0.05) is 6.61 Å². The second kappa shape index (κ2) is 7.48. The smallest absolute Gasteiger partial charge is 0.311 e. The molecule has 0 saturated carbocycles.